The van der Waals surface area contributed by atoms with Crippen molar-refractivity contribution in [1.29, 1.82) is 0 Å². The third kappa shape index (κ3) is 6.05. The molecule has 0 radical (unpaired) electrons. The molecule has 36 heavy (non-hydrogen) atoms. The number of aryl methyl sites for hydroxylation is 1. The van der Waals surface area contributed by atoms with E-state index in [1.54, 1.807) is 47.4 Å². The number of piperidine rings is 1. The van der Waals surface area contributed by atoms with Crippen molar-refractivity contribution in [3.8, 4) is 5.75 Å². The first kappa shape index (κ1) is 26.1. The SMILES string of the molecule is COc1ccc(S(=O)(=O)N2CCCCC2)cc1CCC(=O)Nc1ccccc1C(=O)N1CCOCC1. The summed E-state index contributed by atoms with van der Waals surface area (Å²) in [4.78, 5) is 27.7. The van der Waals surface area contributed by atoms with Gasteiger partial charge < -0.3 is 19.7 Å². The Bertz CT molecular complexity index is 1190. The maximum Gasteiger partial charge on any atom is 0.256 e. The zero-order chi connectivity index (χ0) is 25.5. The molecule has 0 aromatic heterocycles. The third-order valence-corrected chi connectivity index (χ3v) is 8.45. The van der Waals surface area contributed by atoms with Crippen molar-refractivity contribution >= 4 is 27.5 Å². The first-order valence-corrected chi connectivity index (χ1v) is 13.8. The van der Waals surface area contributed by atoms with Gasteiger partial charge in [-0.05, 0) is 55.2 Å². The number of carbonyl (C=O) groups excluding carboxylic acids is 2. The van der Waals surface area contributed by atoms with E-state index in [2.05, 4.69) is 5.32 Å². The average Bonchev–Trinajstić information content (AvgIpc) is 2.92. The quantitative estimate of drug-likeness (QED) is 0.580. The van der Waals surface area contributed by atoms with Crippen LogP contribution in [0.15, 0.2) is 47.4 Å². The predicted molar refractivity (Wildman–Crippen MR) is 136 cm³/mol. The highest BCUT2D eigenvalue weighted by Gasteiger charge is 2.27. The third-order valence-electron chi connectivity index (χ3n) is 6.56. The number of nitrogens with zero attached hydrogens (tertiary/aromatic N) is 2. The van der Waals surface area contributed by atoms with Crippen molar-refractivity contribution in [2.45, 2.75) is 37.0 Å². The van der Waals surface area contributed by atoms with Crippen LogP contribution in [-0.2, 0) is 26.0 Å². The Morgan fingerprint density at radius 3 is 2.44 bits per heavy atom. The van der Waals surface area contributed by atoms with Crippen molar-refractivity contribution in [2.75, 3.05) is 51.8 Å². The Morgan fingerprint density at radius 1 is 1.00 bits per heavy atom. The number of hydrogen-bond acceptors (Lipinski definition) is 6. The Labute approximate surface area is 212 Å². The van der Waals surface area contributed by atoms with Crippen LogP contribution in [0, 0.1) is 0 Å². The summed E-state index contributed by atoms with van der Waals surface area (Å²) >= 11 is 0. The lowest BCUT2D eigenvalue weighted by Gasteiger charge is -2.27. The summed E-state index contributed by atoms with van der Waals surface area (Å²) in [5.41, 5.74) is 1.52. The fourth-order valence-corrected chi connectivity index (χ4v) is 6.11. The molecule has 194 valence electrons. The molecule has 2 aromatic carbocycles. The van der Waals surface area contributed by atoms with Gasteiger partial charge in [0.15, 0.2) is 0 Å². The minimum Gasteiger partial charge on any atom is -0.496 e. The Kier molecular flexibility index (Phi) is 8.60. The molecule has 0 aliphatic carbocycles. The first-order chi connectivity index (χ1) is 17.4. The van der Waals surface area contributed by atoms with Gasteiger partial charge in [-0.3, -0.25) is 9.59 Å². The summed E-state index contributed by atoms with van der Waals surface area (Å²) in [5.74, 6) is 0.110. The van der Waals surface area contributed by atoms with Gasteiger partial charge >= 0.3 is 0 Å². The van der Waals surface area contributed by atoms with Gasteiger partial charge in [0.1, 0.15) is 5.75 Å². The topological polar surface area (TPSA) is 105 Å². The van der Waals surface area contributed by atoms with E-state index in [9.17, 15) is 18.0 Å². The van der Waals surface area contributed by atoms with Crippen LogP contribution in [0.5, 0.6) is 5.75 Å². The lowest BCUT2D eigenvalue weighted by Crippen LogP contribution is -2.41. The molecule has 2 aliphatic heterocycles. The van der Waals surface area contributed by atoms with E-state index in [0.717, 1.165) is 19.3 Å². The van der Waals surface area contributed by atoms with Crippen molar-refractivity contribution in [3.05, 3.63) is 53.6 Å². The van der Waals surface area contributed by atoms with Crippen LogP contribution in [0.1, 0.15) is 41.6 Å². The predicted octanol–water partition coefficient (Wildman–Crippen LogP) is 2.91. The number of anilines is 1. The molecule has 4 rings (SSSR count). The molecule has 9 nitrogen and oxygen atoms in total. The molecule has 0 unspecified atom stereocenters. The van der Waals surface area contributed by atoms with Crippen LogP contribution in [0.25, 0.3) is 0 Å². The number of nitrogens with one attached hydrogen (secondary N) is 1. The second kappa shape index (κ2) is 11.9. The molecule has 0 spiro atoms. The van der Waals surface area contributed by atoms with Gasteiger partial charge in [0.05, 0.1) is 36.5 Å². The monoisotopic (exact) mass is 515 g/mol. The molecule has 0 bridgehead atoms. The molecule has 1 N–H and O–H groups in total. The van der Waals surface area contributed by atoms with E-state index < -0.39 is 10.0 Å². The number of benzene rings is 2. The van der Waals surface area contributed by atoms with Gasteiger partial charge in [-0.25, -0.2) is 8.42 Å². The minimum atomic E-state index is -3.60. The summed E-state index contributed by atoms with van der Waals surface area (Å²) in [6.07, 6.45) is 3.15. The minimum absolute atomic E-state index is 0.101. The number of sulfonamides is 1. The van der Waals surface area contributed by atoms with Crippen LogP contribution in [0.4, 0.5) is 5.69 Å². The maximum atomic E-state index is 13.1. The average molecular weight is 516 g/mol. The number of amides is 2. The zero-order valence-corrected chi connectivity index (χ0v) is 21.4. The zero-order valence-electron chi connectivity index (χ0n) is 20.6. The molecule has 2 heterocycles. The standard InChI is InChI=1S/C26H33N3O6S/c1-34-24-11-10-21(36(32,33)29-13-5-2-6-14-29)19-20(24)9-12-25(30)27-23-8-4-3-7-22(23)26(31)28-15-17-35-18-16-28/h3-4,7-8,10-11,19H,2,5-6,9,12-18H2,1H3,(H,27,30). The highest BCUT2D eigenvalue weighted by Crippen LogP contribution is 2.27. The molecule has 2 aromatic rings. The summed E-state index contributed by atoms with van der Waals surface area (Å²) in [6.45, 7) is 3.06. The number of para-hydroxylation sites is 1. The second-order valence-corrected chi connectivity index (χ2v) is 10.9. The van der Waals surface area contributed by atoms with Crippen molar-refractivity contribution in [2.24, 2.45) is 0 Å². The van der Waals surface area contributed by atoms with Crippen LogP contribution in [0.2, 0.25) is 0 Å². The lowest BCUT2D eigenvalue weighted by molar-refractivity contribution is -0.116. The molecule has 2 saturated heterocycles. The number of carbonyl (C=O) groups is 2. The van der Waals surface area contributed by atoms with Gasteiger partial charge in [-0.2, -0.15) is 4.31 Å². The number of ether oxygens (including phenoxy) is 2. The maximum absolute atomic E-state index is 13.1. The lowest BCUT2D eigenvalue weighted by atomic mass is 10.1. The van der Waals surface area contributed by atoms with E-state index in [1.165, 1.54) is 11.4 Å². The Balaban J connectivity index is 1.45. The van der Waals surface area contributed by atoms with Gasteiger partial charge in [-0.1, -0.05) is 18.6 Å². The first-order valence-electron chi connectivity index (χ1n) is 12.3. The fraction of sp³-hybridized carbons (Fsp3) is 0.462. The van der Waals surface area contributed by atoms with Crippen LogP contribution >= 0.6 is 0 Å². The molecule has 0 atom stereocenters. The second-order valence-electron chi connectivity index (χ2n) is 8.94. The molecular formula is C26H33N3O6S. The van der Waals surface area contributed by atoms with Crippen molar-refractivity contribution < 1.29 is 27.5 Å². The molecule has 0 saturated carbocycles. The summed E-state index contributed by atoms with van der Waals surface area (Å²) in [5, 5.41) is 2.85. The number of morpholine rings is 1. The molecular weight excluding hydrogens is 482 g/mol. The molecule has 2 aliphatic rings. The van der Waals surface area contributed by atoms with Crippen molar-refractivity contribution in [3.63, 3.8) is 0 Å². The summed E-state index contributed by atoms with van der Waals surface area (Å²) < 4.78 is 38.5. The van der Waals surface area contributed by atoms with E-state index in [0.29, 0.717) is 62.0 Å². The largest absolute Gasteiger partial charge is 0.496 e. The highest BCUT2D eigenvalue weighted by atomic mass is 32.2. The van der Waals surface area contributed by atoms with E-state index >= 15 is 0 Å². The molecule has 2 amide bonds. The smallest absolute Gasteiger partial charge is 0.256 e. The van der Waals surface area contributed by atoms with Crippen LogP contribution < -0.4 is 10.1 Å². The van der Waals surface area contributed by atoms with Gasteiger partial charge in [0, 0.05) is 32.6 Å². The van der Waals surface area contributed by atoms with Gasteiger partial charge in [-0.15, -0.1) is 0 Å². The van der Waals surface area contributed by atoms with Gasteiger partial charge in [0.2, 0.25) is 15.9 Å². The van der Waals surface area contributed by atoms with Crippen LogP contribution in [-0.4, -0.2) is 75.9 Å². The molecule has 10 heteroatoms. The highest BCUT2D eigenvalue weighted by molar-refractivity contribution is 7.89. The van der Waals surface area contributed by atoms with E-state index in [1.807, 2.05) is 0 Å². The summed E-state index contributed by atoms with van der Waals surface area (Å²) in [7, 11) is -2.08. The summed E-state index contributed by atoms with van der Waals surface area (Å²) in [6, 6.07) is 11.7. The number of hydrogen-bond donors (Lipinski definition) is 1. The number of methoxy groups -OCH3 is 1. The van der Waals surface area contributed by atoms with Gasteiger partial charge in [0.25, 0.3) is 5.91 Å². The number of rotatable bonds is 8. The van der Waals surface area contributed by atoms with Crippen LogP contribution in [0.3, 0.4) is 0 Å². The Hall–Kier alpha value is -2.95. The Morgan fingerprint density at radius 2 is 1.72 bits per heavy atom. The fourth-order valence-electron chi connectivity index (χ4n) is 4.54. The van der Waals surface area contributed by atoms with E-state index in [4.69, 9.17) is 9.47 Å². The normalized spacial score (nSPS) is 17.0. The van der Waals surface area contributed by atoms with Crippen molar-refractivity contribution in [1.82, 2.24) is 9.21 Å². The molecule has 2 fully saturated rings. The van der Waals surface area contributed by atoms with E-state index in [-0.39, 0.29) is 29.6 Å².